The van der Waals surface area contributed by atoms with Gasteiger partial charge in [0.2, 0.25) is 0 Å². The number of nitrogens with zero attached hydrogens (tertiary/aromatic N) is 3. The minimum absolute atomic E-state index is 0.128. The lowest BCUT2D eigenvalue weighted by molar-refractivity contribution is 0.423. The largest absolute Gasteiger partial charge is 0.352 e. The summed E-state index contributed by atoms with van der Waals surface area (Å²) in [5, 5.41) is 8.25. The minimum atomic E-state index is 0.128. The van der Waals surface area contributed by atoms with Gasteiger partial charge in [0.05, 0.1) is 5.69 Å². The molecule has 1 unspecified atom stereocenters. The van der Waals surface area contributed by atoms with E-state index >= 15 is 0 Å². The highest BCUT2D eigenvalue weighted by Gasteiger charge is 2.26. The van der Waals surface area contributed by atoms with E-state index in [4.69, 9.17) is 0 Å². The molecule has 1 aliphatic heterocycles. The Kier molecular flexibility index (Phi) is 4.69. The number of rotatable bonds is 3. The highest BCUT2D eigenvalue weighted by molar-refractivity contribution is 7.99. The molecule has 1 aromatic heterocycles. The molecule has 0 bridgehead atoms. The molecule has 0 saturated carbocycles. The first kappa shape index (κ1) is 15.7. The van der Waals surface area contributed by atoms with E-state index in [0.717, 1.165) is 18.8 Å². The molecule has 0 aromatic carbocycles. The average molecular weight is 296 g/mol. The van der Waals surface area contributed by atoms with Gasteiger partial charge in [0, 0.05) is 48.8 Å². The summed E-state index contributed by atoms with van der Waals surface area (Å²) in [7, 11) is 2.07. The lowest BCUT2D eigenvalue weighted by Gasteiger charge is -2.35. The topological polar surface area (TPSA) is 33.1 Å². The van der Waals surface area contributed by atoms with Gasteiger partial charge in [0.25, 0.3) is 0 Å². The Morgan fingerprint density at radius 1 is 1.40 bits per heavy atom. The van der Waals surface area contributed by atoms with Gasteiger partial charge in [-0.3, -0.25) is 4.68 Å². The molecule has 1 aromatic rings. The van der Waals surface area contributed by atoms with Crippen LogP contribution >= 0.6 is 11.8 Å². The van der Waals surface area contributed by atoms with E-state index in [1.807, 2.05) is 0 Å². The van der Waals surface area contributed by atoms with Crippen LogP contribution in [0.15, 0.2) is 0 Å². The van der Waals surface area contributed by atoms with Crippen molar-refractivity contribution in [1.29, 1.82) is 0 Å². The summed E-state index contributed by atoms with van der Waals surface area (Å²) < 4.78 is 2.06. The first-order valence-corrected chi connectivity index (χ1v) is 8.57. The molecule has 114 valence electrons. The lowest BCUT2D eigenvalue weighted by atomic mass is 10.1. The predicted molar refractivity (Wildman–Crippen MR) is 88.7 cm³/mol. The molecule has 2 rings (SSSR count). The quantitative estimate of drug-likeness (QED) is 0.929. The fourth-order valence-corrected chi connectivity index (χ4v) is 3.66. The Bertz CT molecular complexity index is 461. The molecule has 5 heteroatoms. The van der Waals surface area contributed by atoms with E-state index in [0.29, 0.717) is 6.04 Å². The highest BCUT2D eigenvalue weighted by Crippen LogP contribution is 2.29. The summed E-state index contributed by atoms with van der Waals surface area (Å²) in [5.74, 6) is 3.71. The molecule has 1 atom stereocenters. The van der Waals surface area contributed by atoms with Gasteiger partial charge in [-0.2, -0.15) is 16.9 Å². The number of anilines is 1. The Labute approximate surface area is 127 Å². The molecule has 0 aliphatic carbocycles. The van der Waals surface area contributed by atoms with Crippen molar-refractivity contribution in [1.82, 2.24) is 15.1 Å². The summed E-state index contributed by atoms with van der Waals surface area (Å²) in [6.45, 7) is 13.1. The summed E-state index contributed by atoms with van der Waals surface area (Å²) in [5.41, 5.74) is 2.62. The molecule has 0 spiro atoms. The van der Waals surface area contributed by atoms with E-state index in [9.17, 15) is 0 Å². The standard InChI is InChI=1S/C15H28N4S/c1-11-10-20-8-7-19(11)14-13(9-16-15(3,4)5)12(2)17-18(14)6/h11,16H,7-10H2,1-6H3. The lowest BCUT2D eigenvalue weighted by Crippen LogP contribution is -2.42. The first-order chi connectivity index (χ1) is 9.29. The smallest absolute Gasteiger partial charge is 0.131 e. The van der Waals surface area contributed by atoms with E-state index in [2.05, 4.69) is 73.4 Å². The predicted octanol–water partition coefficient (Wildman–Crippen LogP) is 2.56. The van der Waals surface area contributed by atoms with Crippen LogP contribution in [0.1, 0.15) is 39.0 Å². The third-order valence-corrected chi connectivity index (χ3v) is 4.94. The van der Waals surface area contributed by atoms with Crippen LogP contribution in [0, 0.1) is 6.92 Å². The SMILES string of the molecule is Cc1nn(C)c(N2CCSCC2C)c1CNC(C)(C)C. The first-order valence-electron chi connectivity index (χ1n) is 7.41. The fourth-order valence-electron chi connectivity index (χ4n) is 2.65. The number of hydrogen-bond donors (Lipinski definition) is 1. The van der Waals surface area contributed by atoms with Crippen LogP contribution in [0.2, 0.25) is 0 Å². The van der Waals surface area contributed by atoms with E-state index < -0.39 is 0 Å². The van der Waals surface area contributed by atoms with Crippen molar-refractivity contribution < 1.29 is 0 Å². The molecule has 20 heavy (non-hydrogen) atoms. The Balaban J connectivity index is 2.27. The van der Waals surface area contributed by atoms with Crippen molar-refractivity contribution in [2.75, 3.05) is 23.0 Å². The van der Waals surface area contributed by atoms with Gasteiger partial charge in [-0.05, 0) is 34.6 Å². The monoisotopic (exact) mass is 296 g/mol. The average Bonchev–Trinajstić information content (AvgIpc) is 2.61. The zero-order valence-corrected chi connectivity index (χ0v) is 14.5. The number of aryl methyl sites for hydroxylation is 2. The van der Waals surface area contributed by atoms with Crippen LogP contribution in [0.5, 0.6) is 0 Å². The number of hydrogen-bond acceptors (Lipinski definition) is 4. The molecular weight excluding hydrogens is 268 g/mol. The van der Waals surface area contributed by atoms with E-state index in [1.165, 1.54) is 22.9 Å². The molecule has 1 saturated heterocycles. The highest BCUT2D eigenvalue weighted by atomic mass is 32.2. The van der Waals surface area contributed by atoms with Crippen LogP contribution in [0.25, 0.3) is 0 Å². The molecule has 0 radical (unpaired) electrons. The molecule has 1 fully saturated rings. The molecule has 2 heterocycles. The zero-order valence-electron chi connectivity index (χ0n) is 13.7. The van der Waals surface area contributed by atoms with Crippen molar-refractivity contribution >= 4 is 17.6 Å². The van der Waals surface area contributed by atoms with Gasteiger partial charge >= 0.3 is 0 Å². The molecular formula is C15H28N4S. The number of nitrogens with one attached hydrogen (secondary N) is 1. The maximum absolute atomic E-state index is 4.65. The molecule has 4 nitrogen and oxygen atoms in total. The second-order valence-corrected chi connectivity index (χ2v) is 7.88. The van der Waals surface area contributed by atoms with Crippen LogP contribution in [-0.2, 0) is 13.6 Å². The van der Waals surface area contributed by atoms with Crippen molar-refractivity contribution in [2.45, 2.75) is 52.7 Å². The third kappa shape index (κ3) is 3.50. The third-order valence-electron chi connectivity index (χ3n) is 3.75. The summed E-state index contributed by atoms with van der Waals surface area (Å²) in [6.07, 6.45) is 0. The van der Waals surface area contributed by atoms with Gasteiger partial charge in [0.15, 0.2) is 0 Å². The van der Waals surface area contributed by atoms with Crippen molar-refractivity contribution in [3.8, 4) is 0 Å². The van der Waals surface area contributed by atoms with Crippen molar-refractivity contribution in [3.63, 3.8) is 0 Å². The fraction of sp³-hybridized carbons (Fsp3) is 0.800. The van der Waals surface area contributed by atoms with E-state index in [1.54, 1.807) is 0 Å². The van der Waals surface area contributed by atoms with Gasteiger partial charge in [-0.25, -0.2) is 0 Å². The minimum Gasteiger partial charge on any atom is -0.352 e. The maximum Gasteiger partial charge on any atom is 0.131 e. The van der Waals surface area contributed by atoms with Crippen LogP contribution < -0.4 is 10.2 Å². The Hall–Kier alpha value is -0.680. The second kappa shape index (κ2) is 5.98. The van der Waals surface area contributed by atoms with Crippen molar-refractivity contribution in [3.05, 3.63) is 11.3 Å². The maximum atomic E-state index is 4.65. The molecule has 0 amide bonds. The zero-order chi connectivity index (χ0) is 14.9. The van der Waals surface area contributed by atoms with Crippen LogP contribution in [0.3, 0.4) is 0 Å². The van der Waals surface area contributed by atoms with Crippen LogP contribution in [0.4, 0.5) is 5.82 Å². The Morgan fingerprint density at radius 3 is 2.70 bits per heavy atom. The summed E-state index contributed by atoms with van der Waals surface area (Å²) >= 11 is 2.05. The van der Waals surface area contributed by atoms with E-state index in [-0.39, 0.29) is 5.54 Å². The molecule has 1 aliphatic rings. The van der Waals surface area contributed by atoms with Crippen LogP contribution in [-0.4, -0.2) is 39.4 Å². The van der Waals surface area contributed by atoms with Gasteiger partial charge in [0.1, 0.15) is 5.82 Å². The summed E-state index contributed by atoms with van der Waals surface area (Å²) in [6, 6.07) is 0.580. The van der Waals surface area contributed by atoms with Crippen molar-refractivity contribution in [2.24, 2.45) is 7.05 Å². The van der Waals surface area contributed by atoms with Gasteiger partial charge in [-0.15, -0.1) is 0 Å². The second-order valence-electron chi connectivity index (χ2n) is 6.73. The normalized spacial score (nSPS) is 20.5. The van der Waals surface area contributed by atoms with Gasteiger partial charge < -0.3 is 10.2 Å². The number of aromatic nitrogens is 2. The Morgan fingerprint density at radius 2 is 2.10 bits per heavy atom. The molecule has 1 N–H and O–H groups in total. The summed E-state index contributed by atoms with van der Waals surface area (Å²) in [4.78, 5) is 2.52. The number of thioether (sulfide) groups is 1. The van der Waals surface area contributed by atoms with Gasteiger partial charge in [-0.1, -0.05) is 0 Å².